The Hall–Kier alpha value is -2.47. The second-order valence-electron chi connectivity index (χ2n) is 9.48. The van der Waals surface area contributed by atoms with Gasteiger partial charge in [-0.15, -0.1) is 11.6 Å². The number of aliphatic hydroxyl groups excluding tert-OH is 1. The number of nitrogens with zero attached hydrogens (tertiary/aromatic N) is 1. The topological polar surface area (TPSA) is 158 Å². The Morgan fingerprint density at radius 1 is 1.29 bits per heavy atom. The van der Waals surface area contributed by atoms with Crippen LogP contribution in [0.4, 0.5) is 0 Å². The summed E-state index contributed by atoms with van der Waals surface area (Å²) < 4.78 is 37.2. The van der Waals surface area contributed by atoms with Gasteiger partial charge in [-0.05, 0) is 46.8 Å². The highest BCUT2D eigenvalue weighted by atomic mass is 35.5. The number of hydrogen-bond acceptors (Lipinski definition) is 10. The van der Waals surface area contributed by atoms with Gasteiger partial charge in [0, 0.05) is 11.8 Å². The van der Waals surface area contributed by atoms with Crippen molar-refractivity contribution in [3.63, 3.8) is 0 Å². The van der Waals surface area contributed by atoms with Crippen LogP contribution in [-0.4, -0.2) is 62.7 Å². The van der Waals surface area contributed by atoms with Gasteiger partial charge in [-0.25, -0.2) is 9.36 Å². The summed E-state index contributed by atoms with van der Waals surface area (Å²) in [6.07, 6.45) is -3.04. The Kier molecular flexibility index (Phi) is 9.62. The minimum atomic E-state index is -3.97. The standard InChI is InChI=1S/C24H33ClN3O9P/c1-14(2)35-21(31)16(4)26-13-38(33,37-17-9-7-6-8-10-17)34-12-18-19(29)24(5,25)22(36-18)28-11-15(3)20(30)27-23(28)32/h6-11,14,16,18-19,22,26,29H,12-13H2,1-5H3,(H,27,30,32). The molecule has 1 aliphatic rings. The number of ether oxygens (including phenoxy) is 2. The van der Waals surface area contributed by atoms with Gasteiger partial charge in [0.05, 0.1) is 12.7 Å². The van der Waals surface area contributed by atoms with Crippen molar-refractivity contribution >= 4 is 25.2 Å². The molecule has 210 valence electrons. The van der Waals surface area contributed by atoms with Crippen LogP contribution in [-0.2, 0) is 23.4 Å². The van der Waals surface area contributed by atoms with Crippen molar-refractivity contribution in [1.29, 1.82) is 0 Å². The summed E-state index contributed by atoms with van der Waals surface area (Å²) >= 11 is 6.59. The van der Waals surface area contributed by atoms with Gasteiger partial charge in [0.2, 0.25) is 0 Å². The molecule has 1 aromatic carbocycles. The number of carbonyl (C=O) groups is 1. The molecule has 38 heavy (non-hydrogen) atoms. The lowest BCUT2D eigenvalue weighted by atomic mass is 10.0. The van der Waals surface area contributed by atoms with E-state index in [9.17, 15) is 24.1 Å². The van der Waals surface area contributed by atoms with E-state index in [2.05, 4.69) is 10.3 Å². The number of aromatic amines is 1. The quantitative estimate of drug-likeness (QED) is 0.207. The third-order valence-corrected chi connectivity index (χ3v) is 7.85. The molecule has 2 aromatic rings. The smallest absolute Gasteiger partial charge is 0.393 e. The molecule has 1 aromatic heterocycles. The van der Waals surface area contributed by atoms with E-state index in [1.165, 1.54) is 20.0 Å². The highest BCUT2D eigenvalue weighted by molar-refractivity contribution is 7.54. The summed E-state index contributed by atoms with van der Waals surface area (Å²) in [5.74, 6) is -0.276. The van der Waals surface area contributed by atoms with Gasteiger partial charge in [-0.1, -0.05) is 18.2 Å². The first-order chi connectivity index (χ1) is 17.7. The highest BCUT2D eigenvalue weighted by Crippen LogP contribution is 2.49. The van der Waals surface area contributed by atoms with E-state index in [1.54, 1.807) is 51.1 Å². The predicted octanol–water partition coefficient (Wildman–Crippen LogP) is 2.28. The lowest BCUT2D eigenvalue weighted by Gasteiger charge is -2.26. The first-order valence-corrected chi connectivity index (χ1v) is 14.1. The summed E-state index contributed by atoms with van der Waals surface area (Å²) in [5.41, 5.74) is -1.08. The van der Waals surface area contributed by atoms with Gasteiger partial charge in [-0.3, -0.25) is 29.0 Å². The Morgan fingerprint density at radius 2 is 1.95 bits per heavy atom. The zero-order valence-corrected chi connectivity index (χ0v) is 23.4. The summed E-state index contributed by atoms with van der Waals surface area (Å²) in [6.45, 7) is 7.53. The van der Waals surface area contributed by atoms with Gasteiger partial charge >= 0.3 is 19.3 Å². The first kappa shape index (κ1) is 30.1. The van der Waals surface area contributed by atoms with E-state index < -0.39 is 60.8 Å². The predicted molar refractivity (Wildman–Crippen MR) is 140 cm³/mol. The van der Waals surface area contributed by atoms with Crippen LogP contribution < -0.4 is 21.1 Å². The van der Waals surface area contributed by atoms with E-state index in [-0.39, 0.29) is 23.7 Å². The fraction of sp³-hybridized carbons (Fsp3) is 0.542. The third kappa shape index (κ3) is 7.13. The van der Waals surface area contributed by atoms with E-state index in [0.29, 0.717) is 0 Å². The van der Waals surface area contributed by atoms with Gasteiger partial charge in [-0.2, -0.15) is 0 Å². The average molecular weight is 574 g/mol. The number of nitrogens with one attached hydrogen (secondary N) is 2. The summed E-state index contributed by atoms with van der Waals surface area (Å²) in [4.78, 5) is 37.0. The van der Waals surface area contributed by atoms with E-state index >= 15 is 0 Å². The molecular weight excluding hydrogens is 541 g/mol. The number of para-hydroxylation sites is 1. The number of aliphatic hydroxyl groups is 1. The lowest BCUT2D eigenvalue weighted by Crippen LogP contribution is -2.43. The van der Waals surface area contributed by atoms with Crippen LogP contribution in [0, 0.1) is 6.92 Å². The fourth-order valence-corrected chi connectivity index (χ4v) is 5.53. The molecule has 0 bridgehead atoms. The van der Waals surface area contributed by atoms with Gasteiger partial charge in [0.15, 0.2) is 6.23 Å². The molecule has 0 radical (unpaired) electrons. The van der Waals surface area contributed by atoms with Gasteiger partial charge in [0.25, 0.3) is 5.56 Å². The third-order valence-electron chi connectivity index (χ3n) is 5.84. The molecule has 0 spiro atoms. The van der Waals surface area contributed by atoms with Crippen molar-refractivity contribution in [1.82, 2.24) is 14.9 Å². The molecule has 12 nitrogen and oxygen atoms in total. The van der Waals surface area contributed by atoms with Crippen molar-refractivity contribution in [3.8, 4) is 5.75 Å². The van der Waals surface area contributed by atoms with Crippen LogP contribution in [0.3, 0.4) is 0 Å². The monoisotopic (exact) mass is 573 g/mol. The molecule has 6 unspecified atom stereocenters. The average Bonchev–Trinajstić information content (AvgIpc) is 3.07. The number of hydrogen-bond donors (Lipinski definition) is 3. The maximum atomic E-state index is 13.7. The number of aromatic nitrogens is 2. The molecule has 1 fully saturated rings. The van der Waals surface area contributed by atoms with E-state index in [4.69, 9.17) is 30.1 Å². The van der Waals surface area contributed by atoms with Crippen molar-refractivity contribution in [3.05, 3.63) is 62.9 Å². The molecular formula is C24H33ClN3O9P. The Labute approximate surface area is 224 Å². The zero-order valence-electron chi connectivity index (χ0n) is 21.8. The minimum absolute atomic E-state index is 0.242. The Morgan fingerprint density at radius 3 is 2.58 bits per heavy atom. The number of halogens is 1. The van der Waals surface area contributed by atoms with Crippen LogP contribution in [0.25, 0.3) is 0 Å². The molecule has 0 aliphatic carbocycles. The molecule has 3 rings (SSSR count). The molecule has 14 heteroatoms. The second-order valence-corrected chi connectivity index (χ2v) is 12.3. The van der Waals surface area contributed by atoms with Crippen molar-refractivity contribution in [2.75, 3.05) is 12.9 Å². The maximum absolute atomic E-state index is 13.7. The molecule has 1 saturated heterocycles. The number of alkyl halides is 1. The summed E-state index contributed by atoms with van der Waals surface area (Å²) in [7, 11) is -3.97. The minimum Gasteiger partial charge on any atom is -0.462 e. The molecule has 1 aliphatic heterocycles. The van der Waals surface area contributed by atoms with Gasteiger partial charge < -0.3 is 19.1 Å². The van der Waals surface area contributed by atoms with Crippen LogP contribution >= 0.6 is 19.2 Å². The van der Waals surface area contributed by atoms with Crippen LogP contribution in [0.1, 0.15) is 39.5 Å². The lowest BCUT2D eigenvalue weighted by molar-refractivity contribution is -0.149. The number of esters is 1. The molecule has 6 atom stereocenters. The van der Waals surface area contributed by atoms with E-state index in [1.807, 2.05) is 0 Å². The SMILES string of the molecule is Cc1cn(C2OC(COP(=O)(CNC(C)C(=O)OC(C)C)Oc3ccccc3)C(O)C2(C)Cl)c(=O)[nH]c1=O. The Bertz CT molecular complexity index is 1280. The second kappa shape index (κ2) is 12.1. The fourth-order valence-electron chi connectivity index (χ4n) is 3.71. The number of carbonyl (C=O) groups excluding carboxylic acids is 1. The van der Waals surface area contributed by atoms with Crippen LogP contribution in [0.2, 0.25) is 0 Å². The number of H-pyrrole nitrogens is 1. The number of rotatable bonds is 11. The first-order valence-electron chi connectivity index (χ1n) is 12.0. The summed E-state index contributed by atoms with van der Waals surface area (Å²) in [5, 5.41) is 13.7. The van der Waals surface area contributed by atoms with E-state index in [0.717, 1.165) is 4.57 Å². The largest absolute Gasteiger partial charge is 0.462 e. The highest BCUT2D eigenvalue weighted by Gasteiger charge is 2.54. The maximum Gasteiger partial charge on any atom is 0.393 e. The molecule has 2 heterocycles. The zero-order chi connectivity index (χ0) is 28.3. The van der Waals surface area contributed by atoms with Crippen LogP contribution in [0.15, 0.2) is 46.1 Å². The number of benzene rings is 1. The van der Waals surface area contributed by atoms with Crippen molar-refractivity contribution in [2.45, 2.75) is 70.1 Å². The molecule has 0 saturated carbocycles. The normalized spacial score (nSPS) is 25.6. The van der Waals surface area contributed by atoms with Crippen molar-refractivity contribution in [2.24, 2.45) is 0 Å². The van der Waals surface area contributed by atoms with Crippen molar-refractivity contribution < 1.29 is 33.0 Å². The summed E-state index contributed by atoms with van der Waals surface area (Å²) in [6, 6.07) is 7.49. The number of aryl methyl sites for hydroxylation is 1. The molecule has 3 N–H and O–H groups in total. The van der Waals surface area contributed by atoms with Gasteiger partial charge in [0.1, 0.15) is 35.2 Å². The Balaban J connectivity index is 1.78. The molecule has 0 amide bonds. The van der Waals surface area contributed by atoms with Crippen LogP contribution in [0.5, 0.6) is 5.75 Å².